The van der Waals surface area contributed by atoms with Gasteiger partial charge in [-0.05, 0) is 34.7 Å². The Morgan fingerprint density at radius 3 is 1.87 bits per heavy atom. The lowest BCUT2D eigenvalue weighted by molar-refractivity contribution is 0.0950. The van der Waals surface area contributed by atoms with Crippen molar-refractivity contribution >= 4 is 34.3 Å². The van der Waals surface area contributed by atoms with Gasteiger partial charge in [0.05, 0.1) is 10.6 Å². The number of aliphatic imine (C=N–C) groups is 1. The summed E-state index contributed by atoms with van der Waals surface area (Å²) in [6.07, 6.45) is 0. The number of hydrogen-bond donors (Lipinski definition) is 0. The highest BCUT2D eigenvalue weighted by atomic mass is 32.1. The number of hydrogen-bond acceptors (Lipinski definition) is 4. The Labute approximate surface area is 180 Å². The summed E-state index contributed by atoms with van der Waals surface area (Å²) in [6.45, 7) is 0. The fourth-order valence-electron chi connectivity index (χ4n) is 4.19. The van der Waals surface area contributed by atoms with E-state index < -0.39 is 5.41 Å². The van der Waals surface area contributed by atoms with Crippen LogP contribution < -0.4 is 4.90 Å². The predicted octanol–water partition coefficient (Wildman–Crippen LogP) is 6.10. The van der Waals surface area contributed by atoms with Crippen molar-refractivity contribution in [1.82, 2.24) is 0 Å². The second-order valence-electron chi connectivity index (χ2n) is 7.28. The number of likely N-dealkylation sites (N-methyl/N-ethyl adjacent to an activating group) is 1. The SMILES string of the molecule is CN(C1=Nc2ccsc2C(=O)C1(c1ccccc1)c1ccccc1)c1ccccc1. The molecule has 5 rings (SSSR count). The summed E-state index contributed by atoms with van der Waals surface area (Å²) in [7, 11) is 1.99. The lowest BCUT2D eigenvalue weighted by Crippen LogP contribution is -2.53. The fraction of sp³-hybridized carbons (Fsp3) is 0.0769. The summed E-state index contributed by atoms with van der Waals surface area (Å²) >= 11 is 1.46. The normalized spacial score (nSPS) is 14.7. The van der Waals surface area contributed by atoms with Gasteiger partial charge in [-0.15, -0.1) is 11.3 Å². The molecule has 1 aliphatic rings. The molecule has 0 bridgehead atoms. The second kappa shape index (κ2) is 7.39. The van der Waals surface area contributed by atoms with Crippen LogP contribution in [0.4, 0.5) is 11.4 Å². The van der Waals surface area contributed by atoms with Crippen LogP contribution in [0.2, 0.25) is 0 Å². The average Bonchev–Trinajstić information content (AvgIpc) is 3.29. The standard InChI is InChI=1S/C26H20N2OS/c1-28(21-15-9-4-10-16-21)25-26(19-11-5-2-6-12-19,20-13-7-3-8-14-20)24(29)23-22(27-25)17-18-30-23/h2-18H,1H3. The summed E-state index contributed by atoms with van der Waals surface area (Å²) in [4.78, 5) is 22.1. The first-order chi connectivity index (χ1) is 14.7. The highest BCUT2D eigenvalue weighted by Gasteiger charge is 2.52. The van der Waals surface area contributed by atoms with Crippen LogP contribution in [0.15, 0.2) is 107 Å². The molecular formula is C26H20N2OS. The van der Waals surface area contributed by atoms with E-state index in [1.54, 1.807) is 0 Å². The quantitative estimate of drug-likeness (QED) is 0.410. The molecule has 0 saturated carbocycles. The zero-order chi connectivity index (χ0) is 20.6. The molecule has 3 nitrogen and oxygen atoms in total. The molecule has 30 heavy (non-hydrogen) atoms. The van der Waals surface area contributed by atoms with Crippen LogP contribution in [0.3, 0.4) is 0 Å². The van der Waals surface area contributed by atoms with Crippen molar-refractivity contribution in [3.05, 3.63) is 118 Å². The summed E-state index contributed by atoms with van der Waals surface area (Å²) in [5.41, 5.74) is 2.54. The van der Waals surface area contributed by atoms with Gasteiger partial charge in [0.15, 0.2) is 5.78 Å². The Morgan fingerprint density at radius 1 is 0.767 bits per heavy atom. The van der Waals surface area contributed by atoms with Crippen molar-refractivity contribution in [1.29, 1.82) is 0 Å². The Bertz CT molecular complexity index is 1170. The minimum absolute atomic E-state index is 0.0673. The number of benzene rings is 3. The molecule has 1 aliphatic heterocycles. The molecule has 0 amide bonds. The van der Waals surface area contributed by atoms with E-state index in [0.29, 0.717) is 10.7 Å². The van der Waals surface area contributed by atoms with E-state index in [-0.39, 0.29) is 5.78 Å². The maximum absolute atomic E-state index is 14.2. The van der Waals surface area contributed by atoms with Crippen molar-refractivity contribution in [2.45, 2.75) is 5.41 Å². The number of carbonyl (C=O) groups is 1. The first kappa shape index (κ1) is 18.5. The third kappa shape index (κ3) is 2.72. The number of fused-ring (bicyclic) bond motifs is 1. The summed E-state index contributed by atoms with van der Waals surface area (Å²) in [5.74, 6) is 0.777. The van der Waals surface area contributed by atoms with Gasteiger partial charge in [0.25, 0.3) is 0 Å². The maximum atomic E-state index is 14.2. The first-order valence-corrected chi connectivity index (χ1v) is 10.7. The highest BCUT2D eigenvalue weighted by molar-refractivity contribution is 7.13. The van der Waals surface area contributed by atoms with Crippen molar-refractivity contribution in [2.75, 3.05) is 11.9 Å². The van der Waals surface area contributed by atoms with Gasteiger partial charge in [0, 0.05) is 12.7 Å². The van der Waals surface area contributed by atoms with Crippen LogP contribution in [0.25, 0.3) is 0 Å². The number of thiophene rings is 1. The number of nitrogens with zero attached hydrogens (tertiary/aromatic N) is 2. The zero-order valence-electron chi connectivity index (χ0n) is 16.5. The van der Waals surface area contributed by atoms with Crippen LogP contribution in [0.1, 0.15) is 20.8 Å². The number of Topliss-reactive ketones (excluding diaryl/α,β-unsaturated/α-hetero) is 1. The van der Waals surface area contributed by atoms with Gasteiger partial charge in [-0.25, -0.2) is 4.99 Å². The molecule has 0 saturated heterocycles. The summed E-state index contributed by atoms with van der Waals surface area (Å²) in [5, 5.41) is 1.94. The largest absolute Gasteiger partial charge is 0.332 e. The van der Waals surface area contributed by atoms with Gasteiger partial charge < -0.3 is 4.90 Å². The number of anilines is 1. The Kier molecular flexibility index (Phi) is 4.57. The van der Waals surface area contributed by atoms with Gasteiger partial charge in [-0.2, -0.15) is 0 Å². The van der Waals surface area contributed by atoms with Crippen molar-refractivity contribution in [3.8, 4) is 0 Å². The van der Waals surface area contributed by atoms with Crippen molar-refractivity contribution in [2.24, 2.45) is 4.99 Å². The molecule has 0 aliphatic carbocycles. The molecule has 4 heteroatoms. The minimum Gasteiger partial charge on any atom is -0.332 e. The van der Waals surface area contributed by atoms with Crippen LogP contribution in [-0.2, 0) is 5.41 Å². The molecule has 146 valence electrons. The van der Waals surface area contributed by atoms with Gasteiger partial charge in [0.2, 0.25) is 0 Å². The Morgan fingerprint density at radius 2 is 1.30 bits per heavy atom. The van der Waals surface area contributed by atoms with E-state index in [2.05, 4.69) is 0 Å². The zero-order valence-corrected chi connectivity index (χ0v) is 17.3. The number of rotatable bonds is 3. The molecule has 2 heterocycles. The highest BCUT2D eigenvalue weighted by Crippen LogP contribution is 2.46. The maximum Gasteiger partial charge on any atom is 0.197 e. The fourth-order valence-corrected chi connectivity index (χ4v) is 5.02. The monoisotopic (exact) mass is 408 g/mol. The molecular weight excluding hydrogens is 388 g/mol. The molecule has 0 fully saturated rings. The predicted molar refractivity (Wildman–Crippen MR) is 124 cm³/mol. The van der Waals surface area contributed by atoms with Gasteiger partial charge in [-0.3, -0.25) is 4.79 Å². The lowest BCUT2D eigenvalue weighted by Gasteiger charge is -2.40. The van der Waals surface area contributed by atoms with Gasteiger partial charge in [-0.1, -0.05) is 78.9 Å². The average molecular weight is 409 g/mol. The number of ketones is 1. The van der Waals surface area contributed by atoms with E-state index in [1.807, 2.05) is 114 Å². The number of carbonyl (C=O) groups excluding carboxylic acids is 1. The lowest BCUT2D eigenvalue weighted by atomic mass is 9.68. The van der Waals surface area contributed by atoms with Gasteiger partial charge >= 0.3 is 0 Å². The smallest absolute Gasteiger partial charge is 0.197 e. The molecule has 4 aromatic rings. The third-order valence-electron chi connectivity index (χ3n) is 5.63. The topological polar surface area (TPSA) is 32.7 Å². The van der Waals surface area contributed by atoms with Crippen LogP contribution in [0.5, 0.6) is 0 Å². The van der Waals surface area contributed by atoms with Crippen LogP contribution in [0, 0.1) is 0 Å². The summed E-state index contributed by atoms with van der Waals surface area (Å²) in [6, 6.07) is 32.0. The van der Waals surface area contributed by atoms with Crippen LogP contribution in [-0.4, -0.2) is 18.7 Å². The van der Waals surface area contributed by atoms with E-state index >= 15 is 0 Å². The van der Waals surface area contributed by atoms with Crippen LogP contribution >= 0.6 is 11.3 Å². The van der Waals surface area contributed by atoms with E-state index in [1.165, 1.54) is 11.3 Å². The van der Waals surface area contributed by atoms with Gasteiger partial charge in [0.1, 0.15) is 11.3 Å². The van der Waals surface area contributed by atoms with Crippen molar-refractivity contribution < 1.29 is 4.79 Å². The molecule has 0 atom stereocenters. The van der Waals surface area contributed by atoms with E-state index in [0.717, 1.165) is 22.5 Å². The number of para-hydroxylation sites is 1. The van der Waals surface area contributed by atoms with E-state index in [4.69, 9.17) is 4.99 Å². The Balaban J connectivity index is 1.86. The summed E-state index contributed by atoms with van der Waals surface area (Å²) < 4.78 is 0. The molecule has 0 spiro atoms. The molecule has 0 radical (unpaired) electrons. The Hall–Kier alpha value is -3.50. The first-order valence-electron chi connectivity index (χ1n) is 9.84. The molecule has 0 N–H and O–H groups in total. The molecule has 1 aromatic heterocycles. The molecule has 0 unspecified atom stereocenters. The van der Waals surface area contributed by atoms with E-state index in [9.17, 15) is 4.79 Å². The minimum atomic E-state index is -1.02. The molecule has 3 aromatic carbocycles. The van der Waals surface area contributed by atoms with Crippen molar-refractivity contribution in [3.63, 3.8) is 0 Å². The third-order valence-corrected chi connectivity index (χ3v) is 6.53. The second-order valence-corrected chi connectivity index (χ2v) is 8.19. The number of amidine groups is 1.